The normalized spacial score (nSPS) is 16.4. The smallest absolute Gasteiger partial charge is 0.321 e. The Kier molecular flexibility index (Phi) is 6.66. The summed E-state index contributed by atoms with van der Waals surface area (Å²) in [6.45, 7) is -1.67. The van der Waals surface area contributed by atoms with E-state index in [1.54, 1.807) is 0 Å². The monoisotopic (exact) mass is 271 g/mol. The van der Waals surface area contributed by atoms with Crippen molar-refractivity contribution in [2.24, 2.45) is 0 Å². The lowest BCUT2D eigenvalue weighted by Gasteiger charge is -2.19. The Morgan fingerprint density at radius 2 is 2.00 bits per heavy atom. The molecule has 9 heteroatoms. The first-order chi connectivity index (χ1) is 7.34. The molecule has 0 aromatic heterocycles. The maximum Gasteiger partial charge on any atom is 0.321 e. The highest BCUT2D eigenvalue weighted by molar-refractivity contribution is 8.54. The van der Waals surface area contributed by atoms with Gasteiger partial charge in [-0.25, -0.2) is 5.09 Å². The molecule has 0 aliphatic rings. The fraction of sp³-hybridized carbons (Fsp3) is 0.714. The van der Waals surface area contributed by atoms with Gasteiger partial charge < -0.3 is 14.8 Å². The van der Waals surface area contributed by atoms with Crippen molar-refractivity contribution in [2.75, 3.05) is 6.16 Å². The van der Waals surface area contributed by atoms with Gasteiger partial charge in [0.05, 0.1) is 11.7 Å². The molecule has 1 unspecified atom stereocenters. The second-order valence-electron chi connectivity index (χ2n) is 3.02. The SMILES string of the molecule is CCP(=O)(N[C@@H](CCC(=O)O)C(=O)O)SO. The van der Waals surface area contributed by atoms with E-state index in [0.717, 1.165) is 0 Å². The Morgan fingerprint density at radius 1 is 1.44 bits per heavy atom. The van der Waals surface area contributed by atoms with E-state index in [2.05, 4.69) is 5.09 Å². The molecule has 0 rings (SSSR count). The summed E-state index contributed by atoms with van der Waals surface area (Å²) in [7, 11) is 0. The molecule has 0 aromatic carbocycles. The third-order valence-electron chi connectivity index (χ3n) is 1.85. The van der Waals surface area contributed by atoms with Crippen LogP contribution >= 0.6 is 18.2 Å². The van der Waals surface area contributed by atoms with Crippen LogP contribution in [0.1, 0.15) is 19.8 Å². The molecule has 0 spiro atoms. The van der Waals surface area contributed by atoms with Crippen molar-refractivity contribution in [1.29, 1.82) is 0 Å². The second kappa shape index (κ2) is 6.90. The molecule has 0 aliphatic heterocycles. The van der Waals surface area contributed by atoms with Crippen molar-refractivity contribution in [2.45, 2.75) is 25.8 Å². The van der Waals surface area contributed by atoms with Gasteiger partial charge in [0.2, 0.25) is 6.49 Å². The molecule has 0 aromatic rings. The molecule has 94 valence electrons. The van der Waals surface area contributed by atoms with E-state index in [1.807, 2.05) is 0 Å². The van der Waals surface area contributed by atoms with Gasteiger partial charge in [-0.15, -0.1) is 0 Å². The lowest BCUT2D eigenvalue weighted by molar-refractivity contribution is -0.140. The average Bonchev–Trinajstić information content (AvgIpc) is 2.23. The number of carbonyl (C=O) groups is 2. The van der Waals surface area contributed by atoms with Crippen LogP contribution in [0.25, 0.3) is 0 Å². The number of rotatable bonds is 8. The Labute approximate surface area is 96.6 Å². The van der Waals surface area contributed by atoms with Crippen LogP contribution in [0.15, 0.2) is 0 Å². The highest BCUT2D eigenvalue weighted by Gasteiger charge is 2.28. The van der Waals surface area contributed by atoms with E-state index in [9.17, 15) is 14.2 Å². The lowest BCUT2D eigenvalue weighted by Crippen LogP contribution is -2.34. The summed E-state index contributed by atoms with van der Waals surface area (Å²) in [6.07, 6.45) is -0.454. The molecule has 0 aliphatic carbocycles. The highest BCUT2D eigenvalue weighted by Crippen LogP contribution is 2.52. The fourth-order valence-corrected chi connectivity index (χ4v) is 2.85. The number of aliphatic carboxylic acids is 2. The zero-order chi connectivity index (χ0) is 12.8. The zero-order valence-electron chi connectivity index (χ0n) is 8.62. The Bertz CT molecular complexity index is 301. The van der Waals surface area contributed by atoms with Crippen LogP contribution in [0, 0.1) is 0 Å². The lowest BCUT2D eigenvalue weighted by atomic mass is 10.2. The van der Waals surface area contributed by atoms with Gasteiger partial charge in [0.15, 0.2) is 0 Å². The molecule has 4 N–H and O–H groups in total. The van der Waals surface area contributed by atoms with Crippen molar-refractivity contribution in [1.82, 2.24) is 5.09 Å². The molecule has 0 fully saturated rings. The fourth-order valence-electron chi connectivity index (χ4n) is 0.921. The topological polar surface area (TPSA) is 124 Å². The molecule has 2 atom stereocenters. The van der Waals surface area contributed by atoms with E-state index in [0.29, 0.717) is 0 Å². The van der Waals surface area contributed by atoms with E-state index in [1.165, 1.54) is 6.92 Å². The molecular weight excluding hydrogens is 257 g/mol. The van der Waals surface area contributed by atoms with Crippen molar-refractivity contribution in [3.63, 3.8) is 0 Å². The number of hydrogen-bond donors (Lipinski definition) is 4. The summed E-state index contributed by atoms with van der Waals surface area (Å²) < 4.78 is 20.5. The van der Waals surface area contributed by atoms with Crippen LogP contribution in [0.2, 0.25) is 0 Å². The molecule has 0 bridgehead atoms. The first kappa shape index (κ1) is 15.4. The van der Waals surface area contributed by atoms with E-state index in [-0.39, 0.29) is 30.7 Å². The van der Waals surface area contributed by atoms with E-state index < -0.39 is 24.5 Å². The van der Waals surface area contributed by atoms with Crippen LogP contribution in [0.4, 0.5) is 0 Å². The number of carboxylic acids is 2. The van der Waals surface area contributed by atoms with Crippen molar-refractivity contribution in [3.8, 4) is 0 Å². The Balaban J connectivity index is 4.50. The third kappa shape index (κ3) is 5.50. The first-order valence-electron chi connectivity index (χ1n) is 4.49. The van der Waals surface area contributed by atoms with E-state index >= 15 is 0 Å². The van der Waals surface area contributed by atoms with Crippen LogP contribution in [-0.4, -0.2) is 38.9 Å². The maximum absolute atomic E-state index is 11.7. The summed E-state index contributed by atoms with van der Waals surface area (Å²) in [5.41, 5.74) is 0. The van der Waals surface area contributed by atoms with Gasteiger partial charge >= 0.3 is 11.9 Å². The summed E-state index contributed by atoms with van der Waals surface area (Å²) >= 11 is 0.0859. The molecule has 0 saturated heterocycles. The average molecular weight is 271 g/mol. The van der Waals surface area contributed by atoms with Gasteiger partial charge in [0, 0.05) is 12.6 Å². The predicted molar refractivity (Wildman–Crippen MR) is 59.8 cm³/mol. The summed E-state index contributed by atoms with van der Waals surface area (Å²) in [5.74, 6) is -2.42. The minimum atomic E-state index is -3.20. The molecule has 0 amide bonds. The van der Waals surface area contributed by atoms with Gasteiger partial charge in [-0.3, -0.25) is 14.2 Å². The molecule has 0 heterocycles. The van der Waals surface area contributed by atoms with Gasteiger partial charge in [0.25, 0.3) is 0 Å². The van der Waals surface area contributed by atoms with E-state index in [4.69, 9.17) is 14.8 Å². The standard InChI is InChI=1S/C7H14NO6PS/c1-2-15(13,16-14)8-5(7(11)12)3-4-6(9)10/h5,14H,2-4H2,1H3,(H,8,13)(H,9,10)(H,11,12)/t5-,15?/m0/s1. The molecule has 0 saturated carbocycles. The van der Waals surface area contributed by atoms with Crippen LogP contribution < -0.4 is 5.09 Å². The highest BCUT2D eigenvalue weighted by atomic mass is 32.7. The number of nitrogens with one attached hydrogen (secondary N) is 1. The number of hydrogen-bond acceptors (Lipinski definition) is 5. The second-order valence-corrected chi connectivity index (χ2v) is 7.68. The zero-order valence-corrected chi connectivity index (χ0v) is 10.3. The first-order valence-corrected chi connectivity index (χ1v) is 7.76. The van der Waals surface area contributed by atoms with Gasteiger partial charge in [-0.05, 0) is 6.42 Å². The van der Waals surface area contributed by atoms with Crippen LogP contribution in [0.5, 0.6) is 0 Å². The molecule has 0 radical (unpaired) electrons. The summed E-state index contributed by atoms with van der Waals surface area (Å²) in [5, 5.41) is 19.5. The number of carboxylic acid groups (broad SMARTS) is 2. The Morgan fingerprint density at radius 3 is 2.31 bits per heavy atom. The van der Waals surface area contributed by atoms with Gasteiger partial charge in [-0.1, -0.05) is 6.92 Å². The van der Waals surface area contributed by atoms with Crippen LogP contribution in [0.3, 0.4) is 0 Å². The third-order valence-corrected chi connectivity index (χ3v) is 5.53. The van der Waals surface area contributed by atoms with Gasteiger partial charge in [-0.2, -0.15) is 0 Å². The van der Waals surface area contributed by atoms with Crippen LogP contribution in [-0.2, 0) is 14.2 Å². The minimum Gasteiger partial charge on any atom is -0.481 e. The Hall–Kier alpha value is -0.560. The minimum absolute atomic E-state index is 0.0744. The summed E-state index contributed by atoms with van der Waals surface area (Å²) in [6, 6.07) is -1.23. The summed E-state index contributed by atoms with van der Waals surface area (Å²) in [4.78, 5) is 21.0. The molecular formula is C7H14NO6PS. The van der Waals surface area contributed by atoms with Gasteiger partial charge in [0.1, 0.15) is 6.04 Å². The van der Waals surface area contributed by atoms with Crippen molar-refractivity contribution in [3.05, 3.63) is 0 Å². The predicted octanol–water partition coefficient (Wildman–Crippen LogP) is 1.31. The quantitative estimate of drug-likeness (QED) is 0.385. The maximum atomic E-state index is 11.7. The largest absolute Gasteiger partial charge is 0.481 e. The van der Waals surface area contributed by atoms with Crippen molar-refractivity contribution < 1.29 is 28.9 Å². The molecule has 7 nitrogen and oxygen atoms in total. The van der Waals surface area contributed by atoms with Crippen molar-refractivity contribution >= 4 is 30.1 Å². The molecule has 16 heavy (non-hydrogen) atoms.